The van der Waals surface area contributed by atoms with Crippen molar-refractivity contribution in [2.24, 2.45) is 11.3 Å². The Morgan fingerprint density at radius 3 is 2.38 bits per heavy atom. The molecule has 1 heterocycles. The van der Waals surface area contributed by atoms with E-state index in [9.17, 15) is 19.8 Å². The first kappa shape index (κ1) is 11.4. The molecule has 1 saturated carbocycles. The van der Waals surface area contributed by atoms with Crippen LogP contribution >= 0.6 is 0 Å². The maximum Gasteiger partial charge on any atom is 0.321 e. The molecule has 2 rings (SSSR count). The molecular weight excluding hydrogens is 212 g/mol. The summed E-state index contributed by atoms with van der Waals surface area (Å²) in [6.45, 7) is 0.236. The Balaban J connectivity index is 2.35. The third-order valence-corrected chi connectivity index (χ3v) is 3.93. The lowest BCUT2D eigenvalue weighted by Gasteiger charge is -2.44. The summed E-state index contributed by atoms with van der Waals surface area (Å²) in [4.78, 5) is 22.7. The van der Waals surface area contributed by atoms with Gasteiger partial charge in [-0.3, -0.25) is 9.59 Å². The van der Waals surface area contributed by atoms with Crippen LogP contribution in [0.3, 0.4) is 0 Å². The highest BCUT2D eigenvalue weighted by Gasteiger charge is 2.57. The highest BCUT2D eigenvalue weighted by molar-refractivity contribution is 5.98. The molecule has 1 saturated heterocycles. The summed E-state index contributed by atoms with van der Waals surface area (Å²) in [5.74, 6) is -2.79. The van der Waals surface area contributed by atoms with E-state index >= 15 is 0 Å². The predicted octanol–water partition coefficient (Wildman–Crippen LogP) is 1.12. The van der Waals surface area contributed by atoms with Gasteiger partial charge in [0.15, 0.2) is 5.41 Å². The minimum Gasteiger partial charge on any atom is -0.480 e. The zero-order valence-corrected chi connectivity index (χ0v) is 9.02. The molecule has 1 aliphatic heterocycles. The van der Waals surface area contributed by atoms with Gasteiger partial charge in [0.2, 0.25) is 0 Å². The van der Waals surface area contributed by atoms with Crippen LogP contribution in [0.1, 0.15) is 32.1 Å². The molecule has 90 valence electrons. The van der Waals surface area contributed by atoms with Crippen molar-refractivity contribution in [1.29, 1.82) is 0 Å². The largest absolute Gasteiger partial charge is 0.480 e. The van der Waals surface area contributed by atoms with E-state index in [0.717, 1.165) is 19.3 Å². The Labute approximate surface area is 93.4 Å². The smallest absolute Gasteiger partial charge is 0.321 e. The second-order valence-electron chi connectivity index (χ2n) is 4.63. The molecule has 0 aromatic rings. The molecule has 0 bridgehead atoms. The van der Waals surface area contributed by atoms with Crippen molar-refractivity contribution in [3.8, 4) is 0 Å². The molecule has 2 fully saturated rings. The second-order valence-corrected chi connectivity index (χ2v) is 4.63. The minimum absolute atomic E-state index is 0.0822. The fourth-order valence-electron chi connectivity index (χ4n) is 3.04. The Hall–Kier alpha value is -1.10. The summed E-state index contributed by atoms with van der Waals surface area (Å²) in [6.07, 6.45) is 3.22. The molecule has 0 amide bonds. The molecule has 2 aliphatic rings. The summed E-state index contributed by atoms with van der Waals surface area (Å²) < 4.78 is 5.51. The number of ether oxygens (including phenoxy) is 1. The number of fused-ring (bicyclic) bond motifs is 1. The lowest BCUT2D eigenvalue weighted by Crippen LogP contribution is -2.55. The Morgan fingerprint density at radius 2 is 1.75 bits per heavy atom. The van der Waals surface area contributed by atoms with Crippen molar-refractivity contribution in [2.75, 3.05) is 6.61 Å². The fraction of sp³-hybridized carbons (Fsp3) is 0.818. The van der Waals surface area contributed by atoms with Gasteiger partial charge in [-0.15, -0.1) is 0 Å². The number of carboxylic acid groups (broad SMARTS) is 2. The third-order valence-electron chi connectivity index (χ3n) is 3.93. The molecule has 0 aromatic carbocycles. The molecular formula is C11H16O5. The van der Waals surface area contributed by atoms with Gasteiger partial charge >= 0.3 is 11.9 Å². The van der Waals surface area contributed by atoms with Crippen LogP contribution in [0, 0.1) is 11.3 Å². The van der Waals surface area contributed by atoms with Gasteiger partial charge in [-0.05, 0) is 19.3 Å². The first-order valence-corrected chi connectivity index (χ1v) is 5.67. The van der Waals surface area contributed by atoms with Gasteiger partial charge in [0.25, 0.3) is 0 Å². The summed E-state index contributed by atoms with van der Waals surface area (Å²) in [5, 5.41) is 18.5. The van der Waals surface area contributed by atoms with E-state index in [1.165, 1.54) is 0 Å². The zero-order chi connectivity index (χ0) is 11.8. The monoisotopic (exact) mass is 228 g/mol. The van der Waals surface area contributed by atoms with Crippen molar-refractivity contribution in [3.05, 3.63) is 0 Å². The molecule has 16 heavy (non-hydrogen) atoms. The lowest BCUT2D eigenvalue weighted by molar-refractivity contribution is -0.190. The minimum atomic E-state index is -1.62. The number of hydrogen-bond donors (Lipinski definition) is 2. The molecule has 5 nitrogen and oxygen atoms in total. The SMILES string of the molecule is O=C(O)C1(C(=O)O)CCOC2CCCCC21. The third kappa shape index (κ3) is 1.50. The van der Waals surface area contributed by atoms with E-state index < -0.39 is 17.4 Å². The van der Waals surface area contributed by atoms with E-state index in [1.807, 2.05) is 0 Å². The Morgan fingerprint density at radius 1 is 1.12 bits per heavy atom. The molecule has 0 radical (unpaired) electrons. The highest BCUT2D eigenvalue weighted by Crippen LogP contribution is 2.46. The number of aliphatic carboxylic acids is 2. The molecule has 1 aliphatic carbocycles. The molecule has 0 spiro atoms. The van der Waals surface area contributed by atoms with E-state index in [4.69, 9.17) is 4.74 Å². The molecule has 0 aromatic heterocycles. The topological polar surface area (TPSA) is 83.8 Å². The van der Waals surface area contributed by atoms with Crippen molar-refractivity contribution < 1.29 is 24.5 Å². The van der Waals surface area contributed by atoms with Crippen LogP contribution in [-0.2, 0) is 14.3 Å². The van der Waals surface area contributed by atoms with Crippen LogP contribution in [0.15, 0.2) is 0 Å². The molecule has 2 unspecified atom stereocenters. The maximum atomic E-state index is 11.3. The van der Waals surface area contributed by atoms with E-state index in [0.29, 0.717) is 6.42 Å². The Kier molecular flexibility index (Phi) is 2.88. The van der Waals surface area contributed by atoms with Gasteiger partial charge in [0.1, 0.15) is 0 Å². The van der Waals surface area contributed by atoms with Gasteiger partial charge in [0.05, 0.1) is 6.10 Å². The lowest BCUT2D eigenvalue weighted by atomic mass is 9.64. The van der Waals surface area contributed by atoms with Crippen LogP contribution in [0.2, 0.25) is 0 Å². The first-order valence-electron chi connectivity index (χ1n) is 5.67. The van der Waals surface area contributed by atoms with Crippen LogP contribution < -0.4 is 0 Å². The van der Waals surface area contributed by atoms with Crippen molar-refractivity contribution in [1.82, 2.24) is 0 Å². The first-order chi connectivity index (χ1) is 7.59. The Bertz CT molecular complexity index is 295. The standard InChI is InChI=1S/C11H16O5/c12-9(13)11(10(14)15)5-6-16-8-4-2-1-3-7(8)11/h7-8H,1-6H2,(H,12,13)(H,14,15). The van der Waals surface area contributed by atoms with Crippen LogP contribution in [-0.4, -0.2) is 34.9 Å². The average Bonchev–Trinajstić information content (AvgIpc) is 2.27. The van der Waals surface area contributed by atoms with Crippen LogP contribution in [0.25, 0.3) is 0 Å². The summed E-state index contributed by atoms with van der Waals surface area (Å²) in [5.41, 5.74) is -1.62. The van der Waals surface area contributed by atoms with Gasteiger partial charge in [-0.1, -0.05) is 12.8 Å². The summed E-state index contributed by atoms with van der Waals surface area (Å²) in [7, 11) is 0. The number of rotatable bonds is 2. The molecule has 5 heteroatoms. The van der Waals surface area contributed by atoms with E-state index in [-0.39, 0.29) is 25.0 Å². The van der Waals surface area contributed by atoms with E-state index in [1.54, 1.807) is 0 Å². The van der Waals surface area contributed by atoms with Crippen molar-refractivity contribution in [3.63, 3.8) is 0 Å². The van der Waals surface area contributed by atoms with Gasteiger partial charge < -0.3 is 14.9 Å². The van der Waals surface area contributed by atoms with Gasteiger partial charge in [-0.2, -0.15) is 0 Å². The average molecular weight is 228 g/mol. The van der Waals surface area contributed by atoms with Crippen molar-refractivity contribution in [2.45, 2.75) is 38.2 Å². The second kappa shape index (κ2) is 4.05. The number of carboxylic acids is 2. The normalized spacial score (nSPS) is 32.8. The summed E-state index contributed by atoms with van der Waals surface area (Å²) >= 11 is 0. The van der Waals surface area contributed by atoms with Crippen LogP contribution in [0.4, 0.5) is 0 Å². The summed E-state index contributed by atoms with van der Waals surface area (Å²) in [6, 6.07) is 0. The molecule has 2 N–H and O–H groups in total. The maximum absolute atomic E-state index is 11.3. The quantitative estimate of drug-likeness (QED) is 0.692. The number of hydrogen-bond acceptors (Lipinski definition) is 3. The van der Waals surface area contributed by atoms with Crippen molar-refractivity contribution >= 4 is 11.9 Å². The highest BCUT2D eigenvalue weighted by atomic mass is 16.5. The number of carbonyl (C=O) groups is 2. The van der Waals surface area contributed by atoms with Gasteiger partial charge in [0, 0.05) is 12.5 Å². The zero-order valence-electron chi connectivity index (χ0n) is 9.02. The predicted molar refractivity (Wildman–Crippen MR) is 54.0 cm³/mol. The fourth-order valence-corrected chi connectivity index (χ4v) is 3.04. The van der Waals surface area contributed by atoms with E-state index in [2.05, 4.69) is 0 Å². The van der Waals surface area contributed by atoms with Crippen LogP contribution in [0.5, 0.6) is 0 Å². The molecule has 2 atom stereocenters. The van der Waals surface area contributed by atoms with Gasteiger partial charge in [-0.25, -0.2) is 0 Å².